The molecule has 0 atom stereocenters. The highest BCUT2D eigenvalue weighted by Gasteiger charge is 2.26. The van der Waals surface area contributed by atoms with Crippen molar-refractivity contribution in [3.8, 4) is 0 Å². The normalized spacial score (nSPS) is 12.0. The van der Waals surface area contributed by atoms with Gasteiger partial charge >= 0.3 is 0 Å². The van der Waals surface area contributed by atoms with E-state index in [1.165, 1.54) is 16.8 Å². The van der Waals surface area contributed by atoms with Gasteiger partial charge in [0.05, 0.1) is 0 Å². The van der Waals surface area contributed by atoms with Crippen LogP contribution in [0.25, 0.3) is 0 Å². The van der Waals surface area contributed by atoms with Crippen molar-refractivity contribution in [3.63, 3.8) is 0 Å². The van der Waals surface area contributed by atoms with Crippen LogP contribution in [-0.2, 0) is 0 Å². The van der Waals surface area contributed by atoms with Gasteiger partial charge in [0, 0.05) is 17.3 Å². The third kappa shape index (κ3) is 2.58. The average Bonchev–Trinajstić information content (AvgIpc) is 2.08. The summed E-state index contributed by atoms with van der Waals surface area (Å²) < 4.78 is 0. The van der Waals surface area contributed by atoms with Crippen molar-refractivity contribution in [1.29, 1.82) is 0 Å². The SMILES string of the molecule is Cc1cccc(C)c1N(C(C)C)C(C)(C)C. The van der Waals surface area contributed by atoms with E-state index in [4.69, 9.17) is 0 Å². The van der Waals surface area contributed by atoms with E-state index < -0.39 is 0 Å². The molecule has 0 spiro atoms. The zero-order chi connectivity index (χ0) is 12.5. The molecule has 0 saturated heterocycles. The standard InChI is InChI=1S/C15H25N/c1-11(2)16(15(5,6)7)14-12(3)9-8-10-13(14)4/h8-11H,1-7H3. The van der Waals surface area contributed by atoms with Gasteiger partial charge in [-0.05, 0) is 59.6 Å². The Kier molecular flexibility index (Phi) is 3.67. The van der Waals surface area contributed by atoms with Crippen LogP contribution in [0.5, 0.6) is 0 Å². The molecule has 0 aromatic heterocycles. The maximum Gasteiger partial charge on any atom is 0.0432 e. The van der Waals surface area contributed by atoms with Gasteiger partial charge in [-0.25, -0.2) is 0 Å². The van der Waals surface area contributed by atoms with Crippen molar-refractivity contribution in [3.05, 3.63) is 29.3 Å². The van der Waals surface area contributed by atoms with Crippen LogP contribution in [-0.4, -0.2) is 11.6 Å². The minimum atomic E-state index is 0.158. The summed E-state index contributed by atoms with van der Waals surface area (Å²) in [6, 6.07) is 7.04. The van der Waals surface area contributed by atoms with E-state index in [1.807, 2.05) is 0 Å². The molecule has 0 N–H and O–H groups in total. The van der Waals surface area contributed by atoms with Crippen molar-refractivity contribution < 1.29 is 0 Å². The van der Waals surface area contributed by atoms with Crippen LogP contribution in [0.3, 0.4) is 0 Å². The van der Waals surface area contributed by atoms with Gasteiger partial charge in [0.1, 0.15) is 0 Å². The van der Waals surface area contributed by atoms with E-state index in [0.29, 0.717) is 6.04 Å². The Balaban J connectivity index is 3.33. The number of aryl methyl sites for hydroxylation is 2. The Hall–Kier alpha value is -0.980. The second-order valence-corrected chi connectivity index (χ2v) is 5.87. The van der Waals surface area contributed by atoms with Crippen molar-refractivity contribution in [2.24, 2.45) is 0 Å². The summed E-state index contributed by atoms with van der Waals surface area (Å²) >= 11 is 0. The predicted octanol–water partition coefficient (Wildman–Crippen LogP) is 4.32. The maximum atomic E-state index is 2.51. The van der Waals surface area contributed by atoms with Crippen molar-refractivity contribution >= 4 is 5.69 Å². The molecular formula is C15H25N. The molecule has 0 aliphatic carbocycles. The third-order valence-electron chi connectivity index (χ3n) is 2.92. The van der Waals surface area contributed by atoms with E-state index in [9.17, 15) is 0 Å². The molecule has 0 fully saturated rings. The Morgan fingerprint density at radius 1 is 1.00 bits per heavy atom. The van der Waals surface area contributed by atoms with Gasteiger partial charge in [0.2, 0.25) is 0 Å². The first-order valence-corrected chi connectivity index (χ1v) is 6.10. The molecule has 0 unspecified atom stereocenters. The molecule has 16 heavy (non-hydrogen) atoms. The zero-order valence-corrected chi connectivity index (χ0v) is 11.8. The van der Waals surface area contributed by atoms with Crippen LogP contribution < -0.4 is 4.90 Å². The Morgan fingerprint density at radius 2 is 1.44 bits per heavy atom. The minimum Gasteiger partial charge on any atom is -0.364 e. The number of para-hydroxylation sites is 1. The predicted molar refractivity (Wildman–Crippen MR) is 73.3 cm³/mol. The summed E-state index contributed by atoms with van der Waals surface area (Å²) in [7, 11) is 0. The molecule has 1 aromatic carbocycles. The molecule has 0 amide bonds. The monoisotopic (exact) mass is 219 g/mol. The molecule has 1 nitrogen and oxygen atoms in total. The fourth-order valence-corrected chi connectivity index (χ4v) is 2.55. The number of hydrogen-bond donors (Lipinski definition) is 0. The highest BCUT2D eigenvalue weighted by Crippen LogP contribution is 2.32. The van der Waals surface area contributed by atoms with Crippen LogP contribution in [0.1, 0.15) is 45.7 Å². The van der Waals surface area contributed by atoms with Gasteiger partial charge < -0.3 is 4.90 Å². The van der Waals surface area contributed by atoms with Gasteiger partial charge in [-0.15, -0.1) is 0 Å². The van der Waals surface area contributed by atoms with Crippen molar-refractivity contribution in [1.82, 2.24) is 0 Å². The highest BCUT2D eigenvalue weighted by molar-refractivity contribution is 5.60. The van der Waals surface area contributed by atoms with Crippen LogP contribution in [0.4, 0.5) is 5.69 Å². The van der Waals surface area contributed by atoms with Crippen molar-refractivity contribution in [2.45, 2.75) is 60.0 Å². The van der Waals surface area contributed by atoms with Gasteiger partial charge in [-0.3, -0.25) is 0 Å². The zero-order valence-electron chi connectivity index (χ0n) is 11.8. The largest absolute Gasteiger partial charge is 0.364 e. The lowest BCUT2D eigenvalue weighted by atomic mass is 9.98. The first-order chi connectivity index (χ1) is 7.25. The fraction of sp³-hybridized carbons (Fsp3) is 0.600. The Labute approximate surface area is 100 Å². The lowest BCUT2D eigenvalue weighted by Crippen LogP contribution is -2.46. The van der Waals surface area contributed by atoms with Gasteiger partial charge in [0.25, 0.3) is 0 Å². The van der Waals surface area contributed by atoms with Crippen LogP contribution >= 0.6 is 0 Å². The van der Waals surface area contributed by atoms with E-state index in [0.717, 1.165) is 0 Å². The number of hydrogen-bond acceptors (Lipinski definition) is 1. The van der Waals surface area contributed by atoms with E-state index in [1.54, 1.807) is 0 Å². The topological polar surface area (TPSA) is 3.24 Å². The molecule has 0 aliphatic heterocycles. The first kappa shape index (κ1) is 13.1. The molecule has 0 saturated carbocycles. The summed E-state index contributed by atoms with van der Waals surface area (Å²) in [4.78, 5) is 2.51. The van der Waals surface area contributed by atoms with Crippen LogP contribution in [0.2, 0.25) is 0 Å². The maximum absolute atomic E-state index is 2.51. The second kappa shape index (κ2) is 4.48. The minimum absolute atomic E-state index is 0.158. The quantitative estimate of drug-likeness (QED) is 0.716. The molecule has 0 radical (unpaired) electrons. The van der Waals surface area contributed by atoms with Crippen LogP contribution in [0, 0.1) is 13.8 Å². The molecule has 0 aliphatic rings. The fourth-order valence-electron chi connectivity index (χ4n) is 2.55. The lowest BCUT2D eigenvalue weighted by molar-refractivity contribution is 0.463. The van der Waals surface area contributed by atoms with Gasteiger partial charge in [0.15, 0.2) is 0 Å². The second-order valence-electron chi connectivity index (χ2n) is 5.87. The summed E-state index contributed by atoms with van der Waals surface area (Å²) in [5, 5.41) is 0. The summed E-state index contributed by atoms with van der Waals surface area (Å²) in [6.45, 7) is 15.7. The van der Waals surface area contributed by atoms with Crippen molar-refractivity contribution in [2.75, 3.05) is 4.90 Å². The molecular weight excluding hydrogens is 194 g/mol. The molecule has 90 valence electrons. The summed E-state index contributed by atoms with van der Waals surface area (Å²) in [6.07, 6.45) is 0. The highest BCUT2D eigenvalue weighted by atomic mass is 15.2. The molecule has 1 aromatic rings. The number of anilines is 1. The third-order valence-corrected chi connectivity index (χ3v) is 2.92. The Bertz CT molecular complexity index is 338. The smallest absolute Gasteiger partial charge is 0.0432 e. The van der Waals surface area contributed by atoms with E-state index in [-0.39, 0.29) is 5.54 Å². The van der Waals surface area contributed by atoms with E-state index >= 15 is 0 Å². The first-order valence-electron chi connectivity index (χ1n) is 6.10. The summed E-state index contributed by atoms with van der Waals surface area (Å²) in [5.41, 5.74) is 4.28. The Morgan fingerprint density at radius 3 is 1.75 bits per heavy atom. The molecule has 1 rings (SSSR count). The molecule has 0 bridgehead atoms. The summed E-state index contributed by atoms with van der Waals surface area (Å²) in [5.74, 6) is 0. The molecule has 0 heterocycles. The number of nitrogens with zero attached hydrogens (tertiary/aromatic N) is 1. The lowest BCUT2D eigenvalue weighted by Gasteiger charge is -2.43. The number of rotatable bonds is 2. The van der Waals surface area contributed by atoms with E-state index in [2.05, 4.69) is 71.6 Å². The average molecular weight is 219 g/mol. The molecule has 1 heteroatoms. The van der Waals surface area contributed by atoms with Gasteiger partial charge in [-0.2, -0.15) is 0 Å². The van der Waals surface area contributed by atoms with Gasteiger partial charge in [-0.1, -0.05) is 18.2 Å². The van der Waals surface area contributed by atoms with Crippen LogP contribution in [0.15, 0.2) is 18.2 Å². The number of benzene rings is 1.